The molecule has 5 nitrogen and oxygen atoms in total. The minimum atomic E-state index is -4.68. The first-order valence-electron chi connectivity index (χ1n) is 3.22. The number of nitrogens with two attached hydrogens (primary N) is 1. The zero-order valence-corrected chi connectivity index (χ0v) is 6.25. The van der Waals surface area contributed by atoms with Gasteiger partial charge in [-0.15, -0.1) is 0 Å². The molecule has 0 aromatic carbocycles. The molecule has 0 fully saturated rings. The van der Waals surface area contributed by atoms with Gasteiger partial charge in [0, 0.05) is 0 Å². The van der Waals surface area contributed by atoms with E-state index in [1.165, 1.54) is 0 Å². The summed E-state index contributed by atoms with van der Waals surface area (Å²) in [4.78, 5) is 2.96. The summed E-state index contributed by atoms with van der Waals surface area (Å²) >= 11 is 0. The van der Waals surface area contributed by atoms with Gasteiger partial charge < -0.3 is 15.4 Å². The SMILES string of the molecule is NC(CO)c1noc(C(F)(F)F)n1. The van der Waals surface area contributed by atoms with Gasteiger partial charge in [0.15, 0.2) is 5.82 Å². The highest BCUT2D eigenvalue weighted by molar-refractivity contribution is 4.94. The van der Waals surface area contributed by atoms with Gasteiger partial charge in [-0.2, -0.15) is 18.2 Å². The first kappa shape index (κ1) is 9.93. The molecule has 0 saturated heterocycles. The molecule has 1 rings (SSSR count). The Morgan fingerprint density at radius 2 is 2.15 bits per heavy atom. The fourth-order valence-electron chi connectivity index (χ4n) is 0.582. The Bertz CT molecular complexity index is 285. The summed E-state index contributed by atoms with van der Waals surface area (Å²) in [5.41, 5.74) is 5.15. The summed E-state index contributed by atoms with van der Waals surface area (Å²) in [6.45, 7) is -0.545. The second kappa shape index (κ2) is 3.30. The molecule has 0 amide bonds. The molecule has 0 spiro atoms. The number of aliphatic hydroxyl groups is 1. The third-order valence-corrected chi connectivity index (χ3v) is 1.21. The van der Waals surface area contributed by atoms with Gasteiger partial charge in [0.1, 0.15) is 0 Å². The van der Waals surface area contributed by atoms with E-state index in [2.05, 4.69) is 14.7 Å². The minimum absolute atomic E-state index is 0.366. The van der Waals surface area contributed by atoms with Crippen molar-refractivity contribution in [2.45, 2.75) is 12.2 Å². The molecule has 8 heteroatoms. The highest BCUT2D eigenvalue weighted by Crippen LogP contribution is 2.27. The van der Waals surface area contributed by atoms with Gasteiger partial charge in [-0.05, 0) is 0 Å². The van der Waals surface area contributed by atoms with Crippen LogP contribution in [0.3, 0.4) is 0 Å². The summed E-state index contributed by atoms with van der Waals surface area (Å²) in [7, 11) is 0. The molecular weight excluding hydrogens is 191 g/mol. The smallest absolute Gasteiger partial charge is 0.394 e. The van der Waals surface area contributed by atoms with Gasteiger partial charge in [0.25, 0.3) is 0 Å². The van der Waals surface area contributed by atoms with E-state index in [9.17, 15) is 13.2 Å². The molecule has 0 radical (unpaired) electrons. The van der Waals surface area contributed by atoms with Crippen LogP contribution in [0.5, 0.6) is 0 Å². The molecule has 0 saturated carbocycles. The molecule has 1 aromatic rings. The molecule has 3 N–H and O–H groups in total. The molecule has 13 heavy (non-hydrogen) atoms. The van der Waals surface area contributed by atoms with E-state index in [4.69, 9.17) is 10.8 Å². The highest BCUT2D eigenvalue weighted by atomic mass is 19.4. The summed E-state index contributed by atoms with van der Waals surface area (Å²) in [6.07, 6.45) is -4.68. The van der Waals surface area contributed by atoms with Crippen molar-refractivity contribution in [2.24, 2.45) is 5.73 Å². The molecule has 0 aliphatic rings. The number of alkyl halides is 3. The topological polar surface area (TPSA) is 85.2 Å². The van der Waals surface area contributed by atoms with Crippen molar-refractivity contribution in [3.63, 3.8) is 0 Å². The monoisotopic (exact) mass is 197 g/mol. The standard InChI is InChI=1S/C5H6F3N3O2/c6-5(7,8)4-10-3(11-13-4)2(9)1-12/h2,12H,1,9H2. The van der Waals surface area contributed by atoms with E-state index in [0.717, 1.165) is 0 Å². The van der Waals surface area contributed by atoms with Crippen LogP contribution in [0.2, 0.25) is 0 Å². The Hall–Kier alpha value is -1.15. The predicted molar refractivity (Wildman–Crippen MR) is 33.3 cm³/mol. The predicted octanol–water partition coefficient (Wildman–Crippen LogP) is 0.0805. The Balaban J connectivity index is 2.87. The number of rotatable bonds is 2. The van der Waals surface area contributed by atoms with Crippen molar-refractivity contribution in [3.05, 3.63) is 11.7 Å². The third kappa shape index (κ3) is 2.16. The van der Waals surface area contributed by atoms with E-state index in [0.29, 0.717) is 0 Å². The first-order valence-corrected chi connectivity index (χ1v) is 3.22. The van der Waals surface area contributed by atoms with Crippen molar-refractivity contribution >= 4 is 0 Å². The number of aliphatic hydroxyl groups excluding tert-OH is 1. The minimum Gasteiger partial charge on any atom is -0.394 e. The molecule has 1 aromatic heterocycles. The Kier molecular flexibility index (Phi) is 2.52. The Morgan fingerprint density at radius 3 is 2.54 bits per heavy atom. The van der Waals surface area contributed by atoms with Crippen molar-refractivity contribution in [1.82, 2.24) is 10.1 Å². The van der Waals surface area contributed by atoms with Crippen molar-refractivity contribution < 1.29 is 22.8 Å². The summed E-state index contributed by atoms with van der Waals surface area (Å²) in [5.74, 6) is -1.83. The van der Waals surface area contributed by atoms with E-state index >= 15 is 0 Å². The van der Waals surface area contributed by atoms with Gasteiger partial charge in [-0.3, -0.25) is 0 Å². The maximum absolute atomic E-state index is 11.9. The molecule has 74 valence electrons. The van der Waals surface area contributed by atoms with Crippen LogP contribution in [0.15, 0.2) is 4.52 Å². The molecule has 1 heterocycles. The quantitative estimate of drug-likeness (QED) is 0.701. The molecular formula is C5H6F3N3O2. The van der Waals surface area contributed by atoms with Crippen LogP contribution < -0.4 is 5.73 Å². The second-order valence-corrected chi connectivity index (χ2v) is 2.24. The lowest BCUT2D eigenvalue weighted by atomic mass is 10.3. The number of nitrogens with zero attached hydrogens (tertiary/aromatic N) is 2. The lowest BCUT2D eigenvalue weighted by Gasteiger charge is -1.99. The van der Waals surface area contributed by atoms with E-state index in [-0.39, 0.29) is 5.82 Å². The first-order chi connectivity index (χ1) is 5.95. The largest absolute Gasteiger partial charge is 0.471 e. The maximum Gasteiger partial charge on any atom is 0.471 e. The zero-order chi connectivity index (χ0) is 10.1. The van der Waals surface area contributed by atoms with Gasteiger partial charge in [0.05, 0.1) is 12.6 Å². The molecule has 0 aliphatic heterocycles. The number of hydrogen-bond donors (Lipinski definition) is 2. The van der Waals surface area contributed by atoms with E-state index in [1.807, 2.05) is 0 Å². The van der Waals surface area contributed by atoms with E-state index in [1.54, 1.807) is 0 Å². The fraction of sp³-hybridized carbons (Fsp3) is 0.600. The molecule has 0 bridgehead atoms. The van der Waals surface area contributed by atoms with Crippen LogP contribution in [0.25, 0.3) is 0 Å². The Labute approximate surface area is 70.3 Å². The summed E-state index contributed by atoms with van der Waals surface area (Å²) < 4.78 is 39.5. The van der Waals surface area contributed by atoms with E-state index < -0.39 is 24.7 Å². The van der Waals surface area contributed by atoms with Gasteiger partial charge in [0.2, 0.25) is 0 Å². The van der Waals surface area contributed by atoms with Gasteiger partial charge >= 0.3 is 12.1 Å². The normalized spacial score (nSPS) is 14.5. The fourth-order valence-corrected chi connectivity index (χ4v) is 0.582. The number of hydrogen-bond acceptors (Lipinski definition) is 5. The zero-order valence-electron chi connectivity index (χ0n) is 6.25. The van der Waals surface area contributed by atoms with Crippen LogP contribution in [-0.2, 0) is 6.18 Å². The third-order valence-electron chi connectivity index (χ3n) is 1.21. The lowest BCUT2D eigenvalue weighted by Crippen LogP contribution is -2.16. The van der Waals surface area contributed by atoms with Gasteiger partial charge in [-0.25, -0.2) is 0 Å². The highest BCUT2D eigenvalue weighted by Gasteiger charge is 2.38. The van der Waals surface area contributed by atoms with Gasteiger partial charge in [-0.1, -0.05) is 5.16 Å². The molecule has 0 aliphatic carbocycles. The number of halogens is 3. The van der Waals surface area contributed by atoms with Crippen LogP contribution in [0.4, 0.5) is 13.2 Å². The molecule has 1 unspecified atom stereocenters. The maximum atomic E-state index is 11.9. The Morgan fingerprint density at radius 1 is 1.54 bits per heavy atom. The van der Waals surface area contributed by atoms with Crippen LogP contribution in [0.1, 0.15) is 17.8 Å². The lowest BCUT2D eigenvalue weighted by molar-refractivity contribution is -0.159. The van der Waals surface area contributed by atoms with Crippen molar-refractivity contribution in [2.75, 3.05) is 6.61 Å². The van der Waals surface area contributed by atoms with Crippen LogP contribution in [-0.4, -0.2) is 21.9 Å². The summed E-state index contributed by atoms with van der Waals surface area (Å²) in [6, 6.07) is -1.06. The molecule has 1 atom stereocenters. The van der Waals surface area contributed by atoms with Crippen molar-refractivity contribution in [1.29, 1.82) is 0 Å². The van der Waals surface area contributed by atoms with Crippen LogP contribution in [0, 0.1) is 0 Å². The second-order valence-electron chi connectivity index (χ2n) is 2.24. The average Bonchev–Trinajstić information content (AvgIpc) is 2.50. The summed E-state index contributed by atoms with van der Waals surface area (Å²) in [5, 5.41) is 11.4. The number of aromatic nitrogens is 2. The van der Waals surface area contributed by atoms with Crippen molar-refractivity contribution in [3.8, 4) is 0 Å². The van der Waals surface area contributed by atoms with Crippen LogP contribution >= 0.6 is 0 Å². The average molecular weight is 197 g/mol.